The predicted molar refractivity (Wildman–Crippen MR) is 141 cm³/mol. The molecule has 3 aromatic rings. The summed E-state index contributed by atoms with van der Waals surface area (Å²) >= 11 is 0. The Morgan fingerprint density at radius 2 is 1.75 bits per heavy atom. The van der Waals surface area contributed by atoms with Gasteiger partial charge in [0.15, 0.2) is 17.2 Å². The van der Waals surface area contributed by atoms with E-state index in [0.717, 1.165) is 42.2 Å². The number of aryl methyl sites for hydroxylation is 1. The number of tetrazole rings is 1. The second-order valence-electron chi connectivity index (χ2n) is 11.7. The fraction of sp³-hybridized carbons (Fsp3) is 0.560. The Labute approximate surface area is 228 Å². The molecule has 1 fully saturated rings. The molecule has 3 heterocycles. The molecule has 0 radical (unpaired) electrons. The summed E-state index contributed by atoms with van der Waals surface area (Å²) in [7, 11) is 1.35. The van der Waals surface area contributed by atoms with Crippen LogP contribution in [0, 0.1) is 5.82 Å². The third-order valence-electron chi connectivity index (χ3n) is 6.49. The van der Waals surface area contributed by atoms with Gasteiger partial charge >= 0.3 is 11.9 Å². The van der Waals surface area contributed by atoms with Crippen molar-refractivity contribution in [1.29, 1.82) is 0 Å². The zero-order valence-corrected chi connectivity index (χ0v) is 23.3. The van der Waals surface area contributed by atoms with Crippen LogP contribution in [0.25, 0.3) is 5.69 Å². The van der Waals surface area contributed by atoms with Gasteiger partial charge in [0.05, 0.1) is 6.20 Å². The minimum Gasteiger partial charge on any atom is -0.476 e. The first-order valence-corrected chi connectivity index (χ1v) is 12.6. The highest BCUT2D eigenvalue weighted by atomic mass is 19.4. The van der Waals surface area contributed by atoms with E-state index in [2.05, 4.69) is 64.0 Å². The third-order valence-corrected chi connectivity index (χ3v) is 6.49. The smallest absolute Gasteiger partial charge is 0.427 e. The second-order valence-corrected chi connectivity index (χ2v) is 11.7. The summed E-state index contributed by atoms with van der Waals surface area (Å²) in [5.74, 6) is -0.857. The summed E-state index contributed by atoms with van der Waals surface area (Å²) in [5.41, 5.74) is -3.44. The van der Waals surface area contributed by atoms with Crippen molar-refractivity contribution in [1.82, 2.24) is 35.1 Å². The molecule has 218 valence electrons. The summed E-state index contributed by atoms with van der Waals surface area (Å²) < 4.78 is 62.3. The van der Waals surface area contributed by atoms with E-state index in [9.17, 15) is 22.4 Å². The Bertz CT molecular complexity index is 1430. The van der Waals surface area contributed by atoms with Crippen molar-refractivity contribution in [2.24, 2.45) is 7.05 Å². The van der Waals surface area contributed by atoms with Gasteiger partial charge in [-0.3, -0.25) is 0 Å². The lowest BCUT2D eigenvalue weighted by Crippen LogP contribution is -2.60. The summed E-state index contributed by atoms with van der Waals surface area (Å²) in [5, 5.41) is 17.0. The van der Waals surface area contributed by atoms with E-state index in [0.29, 0.717) is 0 Å². The van der Waals surface area contributed by atoms with Gasteiger partial charge in [0.2, 0.25) is 5.95 Å². The fourth-order valence-electron chi connectivity index (χ4n) is 4.92. The molecule has 0 bridgehead atoms. The number of nitrogens with zero attached hydrogens (tertiary/aromatic N) is 6. The van der Waals surface area contributed by atoms with Crippen molar-refractivity contribution in [3.63, 3.8) is 0 Å². The highest BCUT2D eigenvalue weighted by Crippen LogP contribution is 2.37. The van der Waals surface area contributed by atoms with Gasteiger partial charge in [0.1, 0.15) is 11.4 Å². The minimum absolute atomic E-state index is 0.00764. The Kier molecular flexibility index (Phi) is 7.32. The number of aromatic nitrogens is 6. The van der Waals surface area contributed by atoms with Crippen LogP contribution in [-0.4, -0.2) is 58.7 Å². The average Bonchev–Trinajstić information content (AvgIpc) is 3.12. The van der Waals surface area contributed by atoms with Crippen molar-refractivity contribution in [2.45, 2.75) is 83.3 Å². The molecule has 1 aliphatic rings. The number of ether oxygens (including phenoxy) is 1. The number of rotatable bonds is 7. The predicted octanol–water partition coefficient (Wildman–Crippen LogP) is 4.08. The van der Waals surface area contributed by atoms with Crippen molar-refractivity contribution < 1.29 is 22.3 Å². The van der Waals surface area contributed by atoms with Gasteiger partial charge in [-0.15, -0.1) is 0 Å². The number of piperidine rings is 1. The van der Waals surface area contributed by atoms with Crippen LogP contribution in [0.15, 0.2) is 29.2 Å². The van der Waals surface area contributed by atoms with Crippen LogP contribution in [0.5, 0.6) is 5.75 Å². The maximum absolute atomic E-state index is 14.7. The molecule has 3 N–H and O–H groups in total. The Balaban J connectivity index is 1.64. The molecule has 0 amide bonds. The van der Waals surface area contributed by atoms with E-state index in [1.165, 1.54) is 25.2 Å². The topological polar surface area (TPSA) is 124 Å². The van der Waals surface area contributed by atoms with E-state index in [4.69, 9.17) is 4.74 Å². The second kappa shape index (κ2) is 10.0. The molecule has 1 saturated heterocycles. The van der Waals surface area contributed by atoms with Gasteiger partial charge in [0.25, 0.3) is 0 Å². The van der Waals surface area contributed by atoms with Gasteiger partial charge in [-0.25, -0.2) is 14.2 Å². The quantitative estimate of drug-likeness (QED) is 0.363. The lowest BCUT2D eigenvalue weighted by Gasteiger charge is -2.46. The Hall–Kier alpha value is -3.75. The summed E-state index contributed by atoms with van der Waals surface area (Å²) in [6.45, 7) is 10.1. The average molecular weight is 568 g/mol. The SMILES string of the molecule is Cn1nnn(-c2cc(Nc3ncc(F)c(NC4CC(C)(C)NC(C)(C)C4)n3)ccc2OC(C)(C)C(F)(F)F)c1=O. The molecule has 0 saturated carbocycles. The van der Waals surface area contributed by atoms with Crippen LogP contribution in [-0.2, 0) is 7.05 Å². The number of alkyl halides is 3. The van der Waals surface area contributed by atoms with Crippen molar-refractivity contribution >= 4 is 17.5 Å². The van der Waals surface area contributed by atoms with Crippen LogP contribution in [0.2, 0.25) is 0 Å². The third kappa shape index (κ3) is 6.35. The zero-order chi connectivity index (χ0) is 29.7. The standard InChI is InChI=1S/C25H33F4N9O2/c1-22(2)11-15(12-23(3,4)34-22)31-19-16(26)13-30-20(33-19)32-14-8-9-18(40-24(5,6)25(27,28)29)17(10-14)38-21(39)37(7)35-36-38/h8-10,13,15,34H,11-12H2,1-7H3,(H2,30,31,32,33). The molecule has 15 heteroatoms. The first-order valence-electron chi connectivity index (χ1n) is 12.6. The monoisotopic (exact) mass is 567 g/mol. The van der Waals surface area contributed by atoms with Crippen LogP contribution < -0.4 is 26.4 Å². The van der Waals surface area contributed by atoms with Crippen LogP contribution >= 0.6 is 0 Å². The number of hydrogen-bond acceptors (Lipinski definition) is 9. The van der Waals surface area contributed by atoms with E-state index < -0.39 is 23.3 Å². The van der Waals surface area contributed by atoms with E-state index in [-0.39, 0.29) is 46.0 Å². The number of hydrogen-bond donors (Lipinski definition) is 3. The van der Waals surface area contributed by atoms with Crippen LogP contribution in [0.3, 0.4) is 0 Å². The zero-order valence-electron chi connectivity index (χ0n) is 23.3. The molecule has 2 aromatic heterocycles. The summed E-state index contributed by atoms with van der Waals surface area (Å²) in [6, 6.07) is 3.96. The van der Waals surface area contributed by atoms with Crippen LogP contribution in [0.1, 0.15) is 54.4 Å². The first-order chi connectivity index (χ1) is 18.4. The first kappa shape index (κ1) is 29.2. The molecule has 0 aliphatic carbocycles. The van der Waals surface area contributed by atoms with Gasteiger partial charge in [-0.2, -0.15) is 27.5 Å². The molecular formula is C25H33F4N9O2. The highest BCUT2D eigenvalue weighted by Gasteiger charge is 2.50. The van der Waals surface area contributed by atoms with Crippen LogP contribution in [0.4, 0.5) is 35.0 Å². The molecule has 0 unspecified atom stereocenters. The molecule has 11 nitrogen and oxygen atoms in total. The number of anilines is 3. The fourth-order valence-corrected chi connectivity index (χ4v) is 4.92. The Morgan fingerprint density at radius 3 is 2.33 bits per heavy atom. The molecule has 0 atom stereocenters. The molecular weight excluding hydrogens is 534 g/mol. The summed E-state index contributed by atoms with van der Waals surface area (Å²) in [6.07, 6.45) is -2.21. The molecule has 0 spiro atoms. The Morgan fingerprint density at radius 1 is 1.10 bits per heavy atom. The molecule has 40 heavy (non-hydrogen) atoms. The van der Waals surface area contributed by atoms with Crippen molar-refractivity contribution in [3.8, 4) is 11.4 Å². The van der Waals surface area contributed by atoms with Crippen molar-refractivity contribution in [2.75, 3.05) is 10.6 Å². The largest absolute Gasteiger partial charge is 0.476 e. The minimum atomic E-state index is -4.70. The lowest BCUT2D eigenvalue weighted by atomic mass is 9.79. The number of benzene rings is 1. The normalized spacial score (nSPS) is 17.5. The van der Waals surface area contributed by atoms with Gasteiger partial charge < -0.3 is 20.7 Å². The summed E-state index contributed by atoms with van der Waals surface area (Å²) in [4.78, 5) is 20.8. The van der Waals surface area contributed by atoms with Gasteiger partial charge in [-0.1, -0.05) is 0 Å². The molecule has 4 rings (SSSR count). The van der Waals surface area contributed by atoms with Gasteiger partial charge in [-0.05, 0) is 83.0 Å². The number of halogens is 4. The highest BCUT2D eigenvalue weighted by molar-refractivity contribution is 5.62. The van der Waals surface area contributed by atoms with E-state index in [1.807, 2.05) is 0 Å². The number of nitrogens with one attached hydrogen (secondary N) is 3. The van der Waals surface area contributed by atoms with Crippen molar-refractivity contribution in [3.05, 3.63) is 40.7 Å². The maximum atomic E-state index is 14.7. The van der Waals surface area contributed by atoms with E-state index >= 15 is 0 Å². The maximum Gasteiger partial charge on any atom is 0.427 e. The van der Waals surface area contributed by atoms with Gasteiger partial charge in [0, 0.05) is 29.9 Å². The molecule has 1 aliphatic heterocycles. The lowest BCUT2D eigenvalue weighted by molar-refractivity contribution is -0.234. The molecule has 1 aromatic carbocycles. The van der Waals surface area contributed by atoms with E-state index in [1.54, 1.807) is 0 Å².